The third-order valence-electron chi connectivity index (χ3n) is 5.06. The minimum atomic E-state index is -0.277. The summed E-state index contributed by atoms with van der Waals surface area (Å²) in [5.74, 6) is -0.216. The highest BCUT2D eigenvalue weighted by Gasteiger charge is 2.24. The summed E-state index contributed by atoms with van der Waals surface area (Å²) in [5.41, 5.74) is 3.03. The molecule has 2 aromatic carbocycles. The number of anilines is 2. The van der Waals surface area contributed by atoms with Gasteiger partial charge in [-0.1, -0.05) is 32.0 Å². The van der Waals surface area contributed by atoms with Crippen LogP contribution in [0.3, 0.4) is 0 Å². The zero-order valence-electron chi connectivity index (χ0n) is 16.7. The van der Waals surface area contributed by atoms with E-state index in [-0.39, 0.29) is 17.3 Å². The van der Waals surface area contributed by atoms with E-state index in [2.05, 4.69) is 24.1 Å². The number of piperazine rings is 1. The molecule has 0 spiro atoms. The van der Waals surface area contributed by atoms with Crippen LogP contribution >= 0.6 is 0 Å². The van der Waals surface area contributed by atoms with Gasteiger partial charge >= 0.3 is 0 Å². The lowest BCUT2D eigenvalue weighted by Gasteiger charge is -2.36. The molecule has 0 unspecified atom stereocenters. The second kappa shape index (κ2) is 9.24. The second-order valence-corrected chi connectivity index (χ2v) is 7.31. The van der Waals surface area contributed by atoms with Gasteiger partial charge in [0.05, 0.1) is 0 Å². The monoisotopic (exact) mass is 392 g/mol. The number of hydrogen-bond acceptors (Lipinski definition) is 4. The lowest BCUT2D eigenvalue weighted by Crippen LogP contribution is -2.49. The Balaban J connectivity index is 1.64. The second-order valence-electron chi connectivity index (χ2n) is 7.31. The molecule has 0 bridgehead atoms. The molecule has 29 heavy (non-hydrogen) atoms. The number of halogens is 1. The fourth-order valence-electron chi connectivity index (χ4n) is 3.41. The van der Waals surface area contributed by atoms with Crippen molar-refractivity contribution in [1.29, 1.82) is 5.26 Å². The number of amides is 1. The fourth-order valence-corrected chi connectivity index (χ4v) is 3.41. The Labute approximate surface area is 171 Å². The number of carbonyl (C=O) groups is 1. The predicted octanol–water partition coefficient (Wildman–Crippen LogP) is 4.12. The van der Waals surface area contributed by atoms with Crippen LogP contribution in [0.15, 0.2) is 60.3 Å². The van der Waals surface area contributed by atoms with Gasteiger partial charge in [-0.25, -0.2) is 4.39 Å². The predicted molar refractivity (Wildman–Crippen MR) is 113 cm³/mol. The van der Waals surface area contributed by atoms with Crippen LogP contribution in [0.4, 0.5) is 15.8 Å². The van der Waals surface area contributed by atoms with Crippen LogP contribution in [0.1, 0.15) is 25.3 Å². The Morgan fingerprint density at radius 3 is 2.38 bits per heavy atom. The van der Waals surface area contributed by atoms with Gasteiger partial charge in [-0.2, -0.15) is 5.26 Å². The molecule has 0 aliphatic carbocycles. The van der Waals surface area contributed by atoms with E-state index >= 15 is 0 Å². The lowest BCUT2D eigenvalue weighted by molar-refractivity contribution is -0.127. The first-order chi connectivity index (χ1) is 14.0. The topological polar surface area (TPSA) is 59.4 Å². The maximum Gasteiger partial charge on any atom is 0.266 e. The molecular weight excluding hydrogens is 367 g/mol. The fraction of sp³-hybridized carbons (Fsp3) is 0.304. The minimum Gasteiger partial charge on any atom is -0.368 e. The van der Waals surface area contributed by atoms with Gasteiger partial charge in [-0.15, -0.1) is 0 Å². The van der Waals surface area contributed by atoms with Crippen molar-refractivity contribution in [1.82, 2.24) is 4.90 Å². The molecule has 0 radical (unpaired) electrons. The average molecular weight is 392 g/mol. The Morgan fingerprint density at radius 1 is 1.10 bits per heavy atom. The van der Waals surface area contributed by atoms with Gasteiger partial charge in [0.2, 0.25) is 0 Å². The quantitative estimate of drug-likeness (QED) is 0.614. The average Bonchev–Trinajstić information content (AvgIpc) is 2.75. The van der Waals surface area contributed by atoms with E-state index in [9.17, 15) is 14.4 Å². The first-order valence-electron chi connectivity index (χ1n) is 9.75. The van der Waals surface area contributed by atoms with Gasteiger partial charge in [-0.05, 0) is 41.8 Å². The van der Waals surface area contributed by atoms with Crippen LogP contribution in [-0.2, 0) is 4.79 Å². The van der Waals surface area contributed by atoms with Crippen LogP contribution in [0.25, 0.3) is 0 Å². The first-order valence-corrected chi connectivity index (χ1v) is 9.75. The van der Waals surface area contributed by atoms with Crippen molar-refractivity contribution in [3.8, 4) is 6.07 Å². The lowest BCUT2D eigenvalue weighted by atomic mass is 10.0. The minimum absolute atomic E-state index is 0.0822. The Hall–Kier alpha value is -3.33. The molecule has 1 aliphatic rings. The van der Waals surface area contributed by atoms with Gasteiger partial charge in [0.25, 0.3) is 5.91 Å². The van der Waals surface area contributed by atoms with Crippen molar-refractivity contribution < 1.29 is 9.18 Å². The number of benzene rings is 2. The largest absolute Gasteiger partial charge is 0.368 e. The molecule has 1 N–H and O–H groups in total. The number of nitrogens with one attached hydrogen (secondary N) is 1. The molecule has 1 amide bonds. The third kappa shape index (κ3) is 4.94. The summed E-state index contributed by atoms with van der Waals surface area (Å²) in [7, 11) is 0. The highest BCUT2D eigenvalue weighted by Crippen LogP contribution is 2.24. The molecule has 0 saturated carbocycles. The Bertz CT molecular complexity index is 923. The number of hydrogen-bond donors (Lipinski definition) is 1. The van der Waals surface area contributed by atoms with Crippen LogP contribution in [-0.4, -0.2) is 37.0 Å². The molecule has 1 aliphatic heterocycles. The van der Waals surface area contributed by atoms with Crippen LogP contribution < -0.4 is 10.2 Å². The van der Waals surface area contributed by atoms with Crippen molar-refractivity contribution in [2.75, 3.05) is 36.4 Å². The van der Waals surface area contributed by atoms with Crippen molar-refractivity contribution in [3.05, 3.63) is 71.7 Å². The van der Waals surface area contributed by atoms with E-state index in [1.807, 2.05) is 30.3 Å². The molecule has 0 atom stereocenters. The van der Waals surface area contributed by atoms with Gasteiger partial charge in [0, 0.05) is 43.8 Å². The first kappa shape index (κ1) is 20.4. The SMILES string of the molecule is CC(C)c1ccccc1N/C=C(/C#N)C(=O)N1CCN(c2ccc(F)cc2)CC1. The van der Waals surface area contributed by atoms with E-state index < -0.39 is 0 Å². The standard InChI is InChI=1S/C23H25FN4O/c1-17(2)21-5-3-4-6-22(21)26-16-18(15-25)23(29)28-13-11-27(12-14-28)20-9-7-19(24)8-10-20/h3-10,16-17,26H,11-14H2,1-2H3/b18-16-. The summed E-state index contributed by atoms with van der Waals surface area (Å²) in [6.45, 7) is 6.50. The highest BCUT2D eigenvalue weighted by atomic mass is 19.1. The zero-order chi connectivity index (χ0) is 20.8. The molecule has 6 heteroatoms. The normalized spacial score (nSPS) is 14.7. The molecule has 1 fully saturated rings. The number of rotatable bonds is 5. The molecule has 1 heterocycles. The molecule has 1 saturated heterocycles. The molecule has 3 rings (SSSR count). The highest BCUT2D eigenvalue weighted by molar-refractivity contribution is 5.97. The summed E-state index contributed by atoms with van der Waals surface area (Å²) in [5, 5.41) is 12.6. The van der Waals surface area contributed by atoms with Crippen molar-refractivity contribution >= 4 is 17.3 Å². The number of carbonyl (C=O) groups excluding carboxylic acids is 1. The van der Waals surface area contributed by atoms with Crippen molar-refractivity contribution in [2.24, 2.45) is 0 Å². The number of nitriles is 1. The van der Waals surface area contributed by atoms with Gasteiger partial charge in [0.15, 0.2) is 0 Å². The van der Waals surface area contributed by atoms with Crippen molar-refractivity contribution in [3.63, 3.8) is 0 Å². The van der Waals surface area contributed by atoms with Crippen molar-refractivity contribution in [2.45, 2.75) is 19.8 Å². The molecule has 2 aromatic rings. The Morgan fingerprint density at radius 2 is 1.76 bits per heavy atom. The van der Waals surface area contributed by atoms with Crippen LogP contribution in [0, 0.1) is 17.1 Å². The van der Waals surface area contributed by atoms with Crippen LogP contribution in [0.5, 0.6) is 0 Å². The summed E-state index contributed by atoms with van der Waals surface area (Å²) >= 11 is 0. The van der Waals surface area contributed by atoms with Gasteiger partial charge in [-0.3, -0.25) is 4.79 Å². The summed E-state index contributed by atoms with van der Waals surface area (Å²) in [6, 6.07) is 16.2. The smallest absolute Gasteiger partial charge is 0.266 e. The molecular formula is C23H25FN4O. The van der Waals surface area contributed by atoms with E-state index in [1.165, 1.54) is 18.3 Å². The van der Waals surface area contributed by atoms with E-state index in [4.69, 9.17) is 0 Å². The Kier molecular flexibility index (Phi) is 6.50. The van der Waals surface area contributed by atoms with Gasteiger partial charge in [0.1, 0.15) is 17.5 Å². The molecule has 5 nitrogen and oxygen atoms in total. The zero-order valence-corrected chi connectivity index (χ0v) is 16.7. The number of nitrogens with zero attached hydrogens (tertiary/aromatic N) is 3. The summed E-state index contributed by atoms with van der Waals surface area (Å²) < 4.78 is 13.1. The third-order valence-corrected chi connectivity index (χ3v) is 5.06. The van der Waals surface area contributed by atoms with E-state index in [0.717, 1.165) is 16.9 Å². The van der Waals surface area contributed by atoms with Gasteiger partial charge < -0.3 is 15.1 Å². The summed E-state index contributed by atoms with van der Waals surface area (Å²) in [4.78, 5) is 16.6. The molecule has 0 aromatic heterocycles. The molecule has 150 valence electrons. The van der Waals surface area contributed by atoms with Crippen LogP contribution in [0.2, 0.25) is 0 Å². The maximum absolute atomic E-state index is 13.1. The number of para-hydroxylation sites is 1. The maximum atomic E-state index is 13.1. The van der Waals surface area contributed by atoms with E-state index in [1.54, 1.807) is 17.0 Å². The van der Waals surface area contributed by atoms with E-state index in [0.29, 0.717) is 32.1 Å². The summed E-state index contributed by atoms with van der Waals surface area (Å²) in [6.07, 6.45) is 1.50.